The Balaban J connectivity index is 0.00000220. The first kappa shape index (κ1) is 17.8. The van der Waals surface area contributed by atoms with Gasteiger partial charge in [0.2, 0.25) is 0 Å². The third-order valence-electron chi connectivity index (χ3n) is 3.47. The molecule has 0 spiro atoms. The summed E-state index contributed by atoms with van der Waals surface area (Å²) in [5.74, 6) is 1.59. The minimum absolute atomic E-state index is 0. The van der Waals surface area contributed by atoms with Crippen LogP contribution in [0.4, 0.5) is 0 Å². The van der Waals surface area contributed by atoms with Crippen molar-refractivity contribution < 1.29 is 9.47 Å². The van der Waals surface area contributed by atoms with Crippen molar-refractivity contribution in [2.45, 2.75) is 0 Å². The van der Waals surface area contributed by atoms with Crippen molar-refractivity contribution in [1.82, 2.24) is 9.80 Å². The van der Waals surface area contributed by atoms with Crippen molar-refractivity contribution in [3.63, 3.8) is 0 Å². The molecule has 0 saturated carbocycles. The van der Waals surface area contributed by atoms with Crippen LogP contribution in [0.1, 0.15) is 0 Å². The van der Waals surface area contributed by atoms with E-state index in [0.29, 0.717) is 13.2 Å². The summed E-state index contributed by atoms with van der Waals surface area (Å²) in [6, 6.07) is 7.79. The molecule has 0 aliphatic carbocycles. The maximum absolute atomic E-state index is 5.85. The van der Waals surface area contributed by atoms with Gasteiger partial charge in [-0.3, -0.25) is 4.90 Å². The average Bonchev–Trinajstić information content (AvgIpc) is 2.48. The maximum Gasteiger partial charge on any atom is 0.161 e. The monoisotopic (exact) mass is 312 g/mol. The molecule has 0 aromatic heterocycles. The van der Waals surface area contributed by atoms with Gasteiger partial charge in [0.05, 0.1) is 0 Å². The highest BCUT2D eigenvalue weighted by Gasteiger charge is 2.13. The van der Waals surface area contributed by atoms with Crippen LogP contribution in [0.2, 0.25) is 0 Å². The molecule has 1 fully saturated rings. The van der Waals surface area contributed by atoms with E-state index in [1.54, 1.807) is 6.08 Å². The van der Waals surface area contributed by atoms with Gasteiger partial charge in [0, 0.05) is 32.7 Å². The second-order valence-electron chi connectivity index (χ2n) is 5.04. The fraction of sp³-hybridized carbons (Fsp3) is 0.500. The first-order valence-electron chi connectivity index (χ1n) is 7.16. The zero-order valence-electron chi connectivity index (χ0n) is 12.7. The Morgan fingerprint density at radius 1 is 1.10 bits per heavy atom. The van der Waals surface area contributed by atoms with Crippen LogP contribution >= 0.6 is 12.4 Å². The van der Waals surface area contributed by atoms with E-state index in [1.165, 1.54) is 0 Å². The summed E-state index contributed by atoms with van der Waals surface area (Å²) in [4.78, 5) is 4.79. The van der Waals surface area contributed by atoms with E-state index in [2.05, 4.69) is 23.4 Å². The molecule has 1 aliphatic heterocycles. The number of nitrogens with zero attached hydrogens (tertiary/aromatic N) is 2. The van der Waals surface area contributed by atoms with Gasteiger partial charge in [-0.1, -0.05) is 24.8 Å². The van der Waals surface area contributed by atoms with E-state index in [0.717, 1.165) is 44.2 Å². The van der Waals surface area contributed by atoms with Gasteiger partial charge < -0.3 is 14.4 Å². The molecule has 5 heteroatoms. The number of likely N-dealkylation sites (N-methyl/N-ethyl adjacent to an activating group) is 1. The van der Waals surface area contributed by atoms with Gasteiger partial charge in [-0.15, -0.1) is 12.4 Å². The fourth-order valence-corrected chi connectivity index (χ4v) is 2.19. The molecule has 0 radical (unpaired) electrons. The predicted octanol–water partition coefficient (Wildman–Crippen LogP) is 2.30. The van der Waals surface area contributed by atoms with E-state index < -0.39 is 0 Å². The van der Waals surface area contributed by atoms with Gasteiger partial charge in [0.25, 0.3) is 0 Å². The lowest BCUT2D eigenvalue weighted by Gasteiger charge is -2.32. The molecule has 21 heavy (non-hydrogen) atoms. The average molecular weight is 313 g/mol. The van der Waals surface area contributed by atoms with Crippen molar-refractivity contribution in [3.05, 3.63) is 36.9 Å². The minimum atomic E-state index is 0. The van der Waals surface area contributed by atoms with E-state index in [1.807, 2.05) is 24.3 Å². The zero-order valence-corrected chi connectivity index (χ0v) is 13.5. The standard InChI is InChI=1S/C16H24N2O2.ClH/c1-3-13-19-15-6-4-5-7-16(15)20-14-12-18-10-8-17(2)9-11-18;/h3-7H,1,8-14H2,2H3;1H. The van der Waals surface area contributed by atoms with Crippen molar-refractivity contribution in [1.29, 1.82) is 0 Å². The number of piperazine rings is 1. The molecule has 1 aromatic carbocycles. The van der Waals surface area contributed by atoms with Crippen molar-refractivity contribution in [2.75, 3.05) is 53.0 Å². The highest BCUT2D eigenvalue weighted by Crippen LogP contribution is 2.26. The van der Waals surface area contributed by atoms with E-state index >= 15 is 0 Å². The lowest BCUT2D eigenvalue weighted by molar-refractivity contribution is 0.132. The molecule has 0 atom stereocenters. The summed E-state index contributed by atoms with van der Waals surface area (Å²) < 4.78 is 11.4. The molecule has 0 N–H and O–H groups in total. The Bertz CT molecular complexity index is 420. The Labute approximate surface area is 133 Å². The molecule has 0 unspecified atom stereocenters. The van der Waals surface area contributed by atoms with Crippen LogP contribution < -0.4 is 9.47 Å². The highest BCUT2D eigenvalue weighted by atomic mass is 35.5. The van der Waals surface area contributed by atoms with Crippen LogP contribution in [0.3, 0.4) is 0 Å². The normalized spacial score (nSPS) is 16.0. The second-order valence-corrected chi connectivity index (χ2v) is 5.04. The first-order chi connectivity index (χ1) is 9.79. The van der Waals surface area contributed by atoms with E-state index in [9.17, 15) is 0 Å². The molecule has 1 saturated heterocycles. The van der Waals surface area contributed by atoms with Gasteiger partial charge >= 0.3 is 0 Å². The number of hydrogen-bond donors (Lipinski definition) is 0. The maximum atomic E-state index is 5.85. The number of benzene rings is 1. The van der Waals surface area contributed by atoms with E-state index in [4.69, 9.17) is 9.47 Å². The second kappa shape index (κ2) is 9.66. The van der Waals surface area contributed by atoms with Gasteiger partial charge in [0.15, 0.2) is 11.5 Å². The molecular formula is C16H25ClN2O2. The van der Waals surface area contributed by atoms with Crippen LogP contribution in [0.25, 0.3) is 0 Å². The predicted molar refractivity (Wildman–Crippen MR) is 88.8 cm³/mol. The number of ether oxygens (including phenoxy) is 2. The number of halogens is 1. The summed E-state index contributed by atoms with van der Waals surface area (Å²) in [7, 11) is 2.17. The Morgan fingerprint density at radius 3 is 2.33 bits per heavy atom. The molecule has 2 rings (SSSR count). The molecule has 1 aromatic rings. The molecule has 0 bridgehead atoms. The number of para-hydroxylation sites is 2. The lowest BCUT2D eigenvalue weighted by atomic mass is 10.3. The van der Waals surface area contributed by atoms with Gasteiger partial charge in [-0.05, 0) is 19.2 Å². The largest absolute Gasteiger partial charge is 0.488 e. The van der Waals surface area contributed by atoms with Crippen LogP contribution in [-0.2, 0) is 0 Å². The summed E-state index contributed by atoms with van der Waals surface area (Å²) in [5, 5.41) is 0. The first-order valence-corrected chi connectivity index (χ1v) is 7.16. The van der Waals surface area contributed by atoms with Crippen LogP contribution in [0.5, 0.6) is 11.5 Å². The third-order valence-corrected chi connectivity index (χ3v) is 3.47. The minimum Gasteiger partial charge on any atom is -0.488 e. The summed E-state index contributed by atoms with van der Waals surface area (Å²) in [6.07, 6.45) is 1.74. The number of rotatable bonds is 7. The van der Waals surface area contributed by atoms with E-state index in [-0.39, 0.29) is 12.4 Å². The van der Waals surface area contributed by atoms with Crippen LogP contribution in [0, 0.1) is 0 Å². The quantitative estimate of drug-likeness (QED) is 0.721. The molecule has 1 heterocycles. The van der Waals surface area contributed by atoms with Crippen molar-refractivity contribution in [2.24, 2.45) is 0 Å². The van der Waals surface area contributed by atoms with Gasteiger partial charge in [-0.2, -0.15) is 0 Å². The highest BCUT2D eigenvalue weighted by molar-refractivity contribution is 5.85. The smallest absolute Gasteiger partial charge is 0.161 e. The topological polar surface area (TPSA) is 24.9 Å². The lowest BCUT2D eigenvalue weighted by Crippen LogP contribution is -2.45. The van der Waals surface area contributed by atoms with Gasteiger partial charge in [0.1, 0.15) is 13.2 Å². The molecule has 4 nitrogen and oxygen atoms in total. The number of hydrogen-bond acceptors (Lipinski definition) is 4. The van der Waals surface area contributed by atoms with Crippen LogP contribution in [-0.4, -0.2) is 62.8 Å². The molecule has 1 aliphatic rings. The Morgan fingerprint density at radius 2 is 1.71 bits per heavy atom. The molecule has 118 valence electrons. The van der Waals surface area contributed by atoms with Crippen LogP contribution in [0.15, 0.2) is 36.9 Å². The van der Waals surface area contributed by atoms with Gasteiger partial charge in [-0.25, -0.2) is 0 Å². The summed E-state index contributed by atoms with van der Waals surface area (Å²) in [5.41, 5.74) is 0. The molecule has 0 amide bonds. The SMILES string of the molecule is C=CCOc1ccccc1OCCN1CCN(C)CC1.Cl. The molecular weight excluding hydrogens is 288 g/mol. The zero-order chi connectivity index (χ0) is 14.2. The Kier molecular flexibility index (Phi) is 8.20. The van der Waals surface area contributed by atoms with Crippen molar-refractivity contribution in [3.8, 4) is 11.5 Å². The fourth-order valence-electron chi connectivity index (χ4n) is 2.19. The summed E-state index contributed by atoms with van der Waals surface area (Å²) in [6.45, 7) is 10.3. The Hall–Kier alpha value is -1.23. The van der Waals surface area contributed by atoms with Crippen molar-refractivity contribution >= 4 is 12.4 Å². The third kappa shape index (κ3) is 5.96. The summed E-state index contributed by atoms with van der Waals surface area (Å²) >= 11 is 0.